The van der Waals surface area contributed by atoms with Gasteiger partial charge in [-0.15, -0.1) is 5.92 Å². The average Bonchev–Trinajstić information content (AvgIpc) is 2.18. The fraction of sp³-hybridized carbons (Fsp3) is 0.800. The molecule has 0 spiro atoms. The standard InChI is InChI=1S/C10H16N4/c1-3-6-9(12-13-11)10-7-4-5-8-14(10)2/h9-10H,4-5,7-8H2,1-2H3. The van der Waals surface area contributed by atoms with E-state index in [2.05, 4.69) is 33.8 Å². The van der Waals surface area contributed by atoms with Crippen LogP contribution in [-0.2, 0) is 0 Å². The lowest BCUT2D eigenvalue weighted by Crippen LogP contribution is -2.43. The summed E-state index contributed by atoms with van der Waals surface area (Å²) in [5.74, 6) is 5.80. The van der Waals surface area contributed by atoms with E-state index in [1.807, 2.05) is 0 Å². The van der Waals surface area contributed by atoms with Crippen molar-refractivity contribution in [3.05, 3.63) is 10.4 Å². The Kier molecular flexibility index (Phi) is 4.31. The highest BCUT2D eigenvalue weighted by atomic mass is 15.2. The Labute approximate surface area is 84.9 Å². The van der Waals surface area contributed by atoms with Gasteiger partial charge in [0.2, 0.25) is 0 Å². The van der Waals surface area contributed by atoms with Gasteiger partial charge < -0.3 is 4.90 Å². The summed E-state index contributed by atoms with van der Waals surface area (Å²) in [5, 5.41) is 3.75. The highest BCUT2D eigenvalue weighted by Gasteiger charge is 2.25. The summed E-state index contributed by atoms with van der Waals surface area (Å²) in [5.41, 5.74) is 8.45. The maximum atomic E-state index is 8.45. The van der Waals surface area contributed by atoms with E-state index < -0.39 is 0 Å². The van der Waals surface area contributed by atoms with Crippen LogP contribution in [0.1, 0.15) is 26.2 Å². The summed E-state index contributed by atoms with van der Waals surface area (Å²) >= 11 is 0. The molecule has 0 saturated carbocycles. The first kappa shape index (κ1) is 10.9. The fourth-order valence-electron chi connectivity index (χ4n) is 1.91. The van der Waals surface area contributed by atoms with Crippen molar-refractivity contribution >= 4 is 0 Å². The van der Waals surface area contributed by atoms with E-state index in [0.717, 1.165) is 13.0 Å². The lowest BCUT2D eigenvalue weighted by Gasteiger charge is -2.34. The van der Waals surface area contributed by atoms with Crippen molar-refractivity contribution in [2.24, 2.45) is 5.11 Å². The molecule has 0 aliphatic carbocycles. The Bertz CT molecular complexity index is 282. The third-order valence-electron chi connectivity index (χ3n) is 2.66. The second-order valence-electron chi connectivity index (χ2n) is 3.59. The van der Waals surface area contributed by atoms with Gasteiger partial charge in [0.25, 0.3) is 0 Å². The van der Waals surface area contributed by atoms with E-state index in [4.69, 9.17) is 5.53 Å². The van der Waals surface area contributed by atoms with Gasteiger partial charge in [0, 0.05) is 11.0 Å². The third-order valence-corrected chi connectivity index (χ3v) is 2.66. The third kappa shape index (κ3) is 2.66. The predicted molar refractivity (Wildman–Crippen MR) is 56.7 cm³/mol. The van der Waals surface area contributed by atoms with Gasteiger partial charge in [0.1, 0.15) is 6.04 Å². The number of likely N-dealkylation sites (tertiary alicyclic amines) is 1. The molecule has 1 aliphatic heterocycles. The van der Waals surface area contributed by atoms with Gasteiger partial charge >= 0.3 is 0 Å². The minimum absolute atomic E-state index is 0.185. The highest BCUT2D eigenvalue weighted by molar-refractivity contribution is 5.11. The molecule has 1 heterocycles. The number of azide groups is 1. The molecule has 0 aromatic heterocycles. The highest BCUT2D eigenvalue weighted by Crippen LogP contribution is 2.19. The fourth-order valence-corrected chi connectivity index (χ4v) is 1.91. The molecule has 1 saturated heterocycles. The van der Waals surface area contributed by atoms with E-state index in [1.165, 1.54) is 12.8 Å². The number of piperidine rings is 1. The van der Waals surface area contributed by atoms with Crippen LogP contribution in [-0.4, -0.2) is 30.6 Å². The maximum Gasteiger partial charge on any atom is 0.114 e. The van der Waals surface area contributed by atoms with Gasteiger partial charge in [-0.05, 0) is 38.9 Å². The van der Waals surface area contributed by atoms with Gasteiger partial charge in [-0.3, -0.25) is 0 Å². The van der Waals surface area contributed by atoms with Crippen LogP contribution in [0.5, 0.6) is 0 Å². The SMILES string of the molecule is CC#CC(N=[N+]=[N-])C1CCCCN1C. The first-order chi connectivity index (χ1) is 6.79. The van der Waals surface area contributed by atoms with Gasteiger partial charge in [-0.2, -0.15) is 0 Å². The lowest BCUT2D eigenvalue weighted by atomic mass is 9.97. The lowest BCUT2D eigenvalue weighted by molar-refractivity contribution is 0.175. The van der Waals surface area contributed by atoms with Crippen molar-refractivity contribution in [2.45, 2.75) is 38.3 Å². The van der Waals surface area contributed by atoms with E-state index in [-0.39, 0.29) is 6.04 Å². The zero-order valence-electron chi connectivity index (χ0n) is 8.77. The molecule has 0 bridgehead atoms. The van der Waals surface area contributed by atoms with Crippen molar-refractivity contribution in [3.63, 3.8) is 0 Å². The number of nitrogens with zero attached hydrogens (tertiary/aromatic N) is 4. The Balaban J connectivity index is 2.73. The van der Waals surface area contributed by atoms with Gasteiger partial charge in [-0.25, -0.2) is 0 Å². The zero-order valence-corrected chi connectivity index (χ0v) is 8.77. The molecule has 14 heavy (non-hydrogen) atoms. The van der Waals surface area contributed by atoms with E-state index in [9.17, 15) is 0 Å². The second-order valence-corrected chi connectivity index (χ2v) is 3.59. The van der Waals surface area contributed by atoms with Crippen LogP contribution in [0.4, 0.5) is 0 Å². The summed E-state index contributed by atoms with van der Waals surface area (Å²) in [6.07, 6.45) is 3.52. The summed E-state index contributed by atoms with van der Waals surface area (Å²) < 4.78 is 0. The molecule has 1 fully saturated rings. The van der Waals surface area contributed by atoms with Crippen LogP contribution in [0.2, 0.25) is 0 Å². The van der Waals surface area contributed by atoms with E-state index >= 15 is 0 Å². The minimum atomic E-state index is -0.185. The van der Waals surface area contributed by atoms with Gasteiger partial charge in [0.15, 0.2) is 0 Å². The molecule has 4 heteroatoms. The number of likely N-dealkylation sites (N-methyl/N-ethyl adjacent to an activating group) is 1. The van der Waals surface area contributed by atoms with Crippen LogP contribution in [0.15, 0.2) is 5.11 Å². The molecule has 2 unspecified atom stereocenters. The van der Waals surface area contributed by atoms with Crippen LogP contribution in [0.25, 0.3) is 10.4 Å². The smallest absolute Gasteiger partial charge is 0.114 e. The summed E-state index contributed by atoms with van der Waals surface area (Å²) in [4.78, 5) is 5.10. The number of hydrogen-bond donors (Lipinski definition) is 0. The largest absolute Gasteiger partial charge is 0.302 e. The summed E-state index contributed by atoms with van der Waals surface area (Å²) in [6, 6.07) is 0.113. The zero-order chi connectivity index (χ0) is 10.4. The Hall–Kier alpha value is -1.17. The first-order valence-electron chi connectivity index (χ1n) is 4.96. The molecule has 1 aliphatic rings. The van der Waals surface area contributed by atoms with Crippen molar-refractivity contribution < 1.29 is 0 Å². The Morgan fingerprint density at radius 2 is 2.36 bits per heavy atom. The van der Waals surface area contributed by atoms with Crippen molar-refractivity contribution in [1.82, 2.24) is 4.90 Å². The molecule has 76 valence electrons. The average molecular weight is 192 g/mol. The van der Waals surface area contributed by atoms with Gasteiger partial charge in [0.05, 0.1) is 0 Å². The van der Waals surface area contributed by atoms with Crippen LogP contribution < -0.4 is 0 Å². The van der Waals surface area contributed by atoms with Crippen molar-refractivity contribution in [3.8, 4) is 11.8 Å². The van der Waals surface area contributed by atoms with Crippen molar-refractivity contribution in [1.29, 1.82) is 0 Å². The molecule has 1 rings (SSSR count). The molecule has 0 amide bonds. The van der Waals surface area contributed by atoms with E-state index in [1.54, 1.807) is 6.92 Å². The number of rotatable bonds is 2. The molecule has 0 aromatic carbocycles. The van der Waals surface area contributed by atoms with Crippen LogP contribution in [0.3, 0.4) is 0 Å². The Morgan fingerprint density at radius 1 is 1.57 bits per heavy atom. The van der Waals surface area contributed by atoms with Gasteiger partial charge in [-0.1, -0.05) is 17.5 Å². The van der Waals surface area contributed by atoms with Crippen LogP contribution in [0, 0.1) is 11.8 Å². The molecule has 0 aromatic rings. The molecule has 0 N–H and O–H groups in total. The van der Waals surface area contributed by atoms with E-state index in [0.29, 0.717) is 6.04 Å². The normalized spacial score (nSPS) is 24.3. The van der Waals surface area contributed by atoms with Crippen LogP contribution >= 0.6 is 0 Å². The quantitative estimate of drug-likeness (QED) is 0.286. The molecular formula is C10H16N4. The molecule has 4 nitrogen and oxygen atoms in total. The molecular weight excluding hydrogens is 176 g/mol. The summed E-state index contributed by atoms with van der Waals surface area (Å²) in [7, 11) is 2.07. The van der Waals surface area contributed by atoms with Crippen molar-refractivity contribution in [2.75, 3.05) is 13.6 Å². The first-order valence-corrected chi connectivity index (χ1v) is 4.96. The topological polar surface area (TPSA) is 52.0 Å². The summed E-state index contributed by atoms with van der Waals surface area (Å²) in [6.45, 7) is 2.86. The second kappa shape index (κ2) is 5.54. The Morgan fingerprint density at radius 3 is 2.93 bits per heavy atom. The monoisotopic (exact) mass is 192 g/mol. The molecule has 0 radical (unpaired) electrons. The minimum Gasteiger partial charge on any atom is -0.302 e. The predicted octanol–water partition coefficient (Wildman–Crippen LogP) is 2.17. The number of hydrogen-bond acceptors (Lipinski definition) is 2. The molecule has 2 atom stereocenters. The maximum absolute atomic E-state index is 8.45.